The van der Waals surface area contributed by atoms with Crippen LogP contribution in [0.15, 0.2) is 48.5 Å². The molecule has 1 N–H and O–H groups in total. The number of sulfonamides is 1. The van der Waals surface area contributed by atoms with Crippen molar-refractivity contribution in [2.24, 2.45) is 0 Å². The second-order valence-corrected chi connectivity index (χ2v) is 8.33. The van der Waals surface area contributed by atoms with Gasteiger partial charge < -0.3 is 4.90 Å². The van der Waals surface area contributed by atoms with Gasteiger partial charge in [0.15, 0.2) is 0 Å². The first-order chi connectivity index (χ1) is 12.3. The molecule has 0 aliphatic carbocycles. The Bertz CT molecular complexity index is 880. The molecule has 138 valence electrons. The summed E-state index contributed by atoms with van der Waals surface area (Å²) in [4.78, 5) is 14.7. The third-order valence-corrected chi connectivity index (χ3v) is 5.06. The summed E-state index contributed by atoms with van der Waals surface area (Å²) in [7, 11) is -3.34. The number of carbonyl (C=O) groups is 1. The summed E-state index contributed by atoms with van der Waals surface area (Å²) >= 11 is 0. The van der Waals surface area contributed by atoms with E-state index in [1.54, 1.807) is 36.4 Å². The van der Waals surface area contributed by atoms with Crippen LogP contribution in [0.5, 0.6) is 0 Å². The Morgan fingerprint density at radius 1 is 1.15 bits per heavy atom. The molecule has 1 amide bonds. The quantitative estimate of drug-likeness (QED) is 0.872. The lowest BCUT2D eigenvalue weighted by molar-refractivity contribution is 0.0736. The lowest BCUT2D eigenvalue weighted by Crippen LogP contribution is -2.36. The molecule has 1 saturated heterocycles. The predicted octanol–water partition coefficient (Wildman–Crippen LogP) is 3.04. The van der Waals surface area contributed by atoms with Crippen molar-refractivity contribution in [3.63, 3.8) is 0 Å². The number of hydrogen-bond donors (Lipinski definition) is 1. The van der Waals surface area contributed by atoms with E-state index in [9.17, 15) is 17.6 Å². The van der Waals surface area contributed by atoms with Gasteiger partial charge in [0, 0.05) is 23.8 Å². The Kier molecular flexibility index (Phi) is 5.27. The van der Waals surface area contributed by atoms with Crippen LogP contribution < -0.4 is 4.72 Å². The fourth-order valence-corrected chi connectivity index (χ4v) is 3.83. The Morgan fingerprint density at radius 3 is 2.42 bits per heavy atom. The molecule has 1 heterocycles. The van der Waals surface area contributed by atoms with Crippen LogP contribution in [0.25, 0.3) is 0 Å². The maximum Gasteiger partial charge on any atom is 0.254 e. The normalized spacial score (nSPS) is 17.3. The van der Waals surface area contributed by atoms with Crippen LogP contribution in [0.2, 0.25) is 0 Å². The number of carbonyl (C=O) groups excluding carboxylic acids is 1. The maximum absolute atomic E-state index is 13.1. The lowest BCUT2D eigenvalue weighted by Gasteiger charge is -2.25. The average molecular weight is 376 g/mol. The minimum atomic E-state index is -3.34. The molecule has 1 atom stereocenters. The van der Waals surface area contributed by atoms with E-state index in [-0.39, 0.29) is 17.8 Å². The second kappa shape index (κ2) is 7.45. The summed E-state index contributed by atoms with van der Waals surface area (Å²) in [5, 5.41) is 0. The van der Waals surface area contributed by atoms with Gasteiger partial charge >= 0.3 is 0 Å². The number of benzene rings is 2. The maximum atomic E-state index is 13.1. The highest BCUT2D eigenvalue weighted by atomic mass is 32.2. The second-order valence-electron chi connectivity index (χ2n) is 6.58. The first kappa shape index (κ1) is 18.4. The van der Waals surface area contributed by atoms with Gasteiger partial charge in [-0.05, 0) is 61.2 Å². The molecule has 26 heavy (non-hydrogen) atoms. The van der Waals surface area contributed by atoms with Crippen molar-refractivity contribution in [2.75, 3.05) is 17.5 Å². The third-order valence-electron chi connectivity index (χ3n) is 4.46. The first-order valence-electron chi connectivity index (χ1n) is 8.45. The van der Waals surface area contributed by atoms with E-state index in [1.165, 1.54) is 12.1 Å². The molecular formula is C19H21FN2O3S. The number of anilines is 1. The zero-order valence-corrected chi connectivity index (χ0v) is 15.3. The number of rotatable bonds is 5. The molecule has 0 unspecified atom stereocenters. The highest BCUT2D eigenvalue weighted by molar-refractivity contribution is 7.92. The Labute approximate surface area is 152 Å². The molecular weight excluding hydrogens is 355 g/mol. The van der Waals surface area contributed by atoms with E-state index in [1.807, 2.05) is 4.90 Å². The zero-order valence-electron chi connectivity index (χ0n) is 14.5. The van der Waals surface area contributed by atoms with E-state index in [0.717, 1.165) is 24.7 Å². The van der Waals surface area contributed by atoms with E-state index in [4.69, 9.17) is 0 Å². The number of amides is 1. The lowest BCUT2D eigenvalue weighted by atomic mass is 10.0. The van der Waals surface area contributed by atoms with Crippen molar-refractivity contribution in [3.8, 4) is 0 Å². The average Bonchev–Trinajstić information content (AvgIpc) is 3.04. The van der Waals surface area contributed by atoms with E-state index in [0.29, 0.717) is 24.2 Å². The standard InChI is InChI=1S/C19H21FN2O3S/c1-26(24,25)21-17-10-6-15(7-11-17)19(23)22-12-2-3-18(22)13-14-4-8-16(20)9-5-14/h4-11,18,21H,2-3,12-13H2,1H3/t18-/m0/s1. The van der Waals surface area contributed by atoms with Crippen molar-refractivity contribution in [1.29, 1.82) is 0 Å². The molecule has 7 heteroatoms. The fraction of sp³-hybridized carbons (Fsp3) is 0.316. The van der Waals surface area contributed by atoms with Gasteiger partial charge in [-0.2, -0.15) is 0 Å². The Morgan fingerprint density at radius 2 is 1.81 bits per heavy atom. The van der Waals surface area contributed by atoms with Crippen LogP contribution >= 0.6 is 0 Å². The molecule has 1 fully saturated rings. The van der Waals surface area contributed by atoms with Crippen molar-refractivity contribution in [3.05, 3.63) is 65.5 Å². The largest absolute Gasteiger partial charge is 0.335 e. The Balaban J connectivity index is 1.70. The molecule has 0 aromatic heterocycles. The summed E-state index contributed by atoms with van der Waals surface area (Å²) < 4.78 is 37.9. The van der Waals surface area contributed by atoms with Gasteiger partial charge in [0.1, 0.15) is 5.82 Å². The summed E-state index contributed by atoms with van der Waals surface area (Å²) in [5.74, 6) is -0.337. The predicted molar refractivity (Wildman–Crippen MR) is 99.1 cm³/mol. The van der Waals surface area contributed by atoms with Gasteiger partial charge in [-0.15, -0.1) is 0 Å². The van der Waals surface area contributed by atoms with Crippen molar-refractivity contribution in [1.82, 2.24) is 4.90 Å². The van der Waals surface area contributed by atoms with Crippen molar-refractivity contribution in [2.45, 2.75) is 25.3 Å². The van der Waals surface area contributed by atoms with Crippen LogP contribution in [-0.4, -0.2) is 38.1 Å². The van der Waals surface area contributed by atoms with Crippen LogP contribution in [0.3, 0.4) is 0 Å². The molecule has 2 aromatic rings. The van der Waals surface area contributed by atoms with Crippen LogP contribution in [0.1, 0.15) is 28.8 Å². The molecule has 1 aliphatic rings. The minimum absolute atomic E-state index is 0.0690. The van der Waals surface area contributed by atoms with Crippen molar-refractivity contribution < 1.29 is 17.6 Å². The van der Waals surface area contributed by atoms with Gasteiger partial charge in [0.2, 0.25) is 10.0 Å². The molecule has 5 nitrogen and oxygen atoms in total. The minimum Gasteiger partial charge on any atom is -0.335 e. The van der Waals surface area contributed by atoms with Crippen LogP contribution in [0.4, 0.5) is 10.1 Å². The monoisotopic (exact) mass is 376 g/mol. The third kappa shape index (κ3) is 4.60. The highest BCUT2D eigenvalue weighted by Gasteiger charge is 2.29. The number of hydrogen-bond acceptors (Lipinski definition) is 3. The topological polar surface area (TPSA) is 66.5 Å². The summed E-state index contributed by atoms with van der Waals surface area (Å²) in [5.41, 5.74) is 1.95. The molecule has 0 radical (unpaired) electrons. The highest BCUT2D eigenvalue weighted by Crippen LogP contribution is 2.24. The van der Waals surface area contributed by atoms with E-state index in [2.05, 4.69) is 4.72 Å². The molecule has 2 aromatic carbocycles. The van der Waals surface area contributed by atoms with Crippen molar-refractivity contribution >= 4 is 21.6 Å². The molecule has 0 saturated carbocycles. The SMILES string of the molecule is CS(=O)(=O)Nc1ccc(C(=O)N2CCC[C@H]2Cc2ccc(F)cc2)cc1. The first-order valence-corrected chi connectivity index (χ1v) is 10.3. The van der Waals surface area contributed by atoms with E-state index < -0.39 is 10.0 Å². The zero-order chi connectivity index (χ0) is 18.7. The number of nitrogens with zero attached hydrogens (tertiary/aromatic N) is 1. The number of likely N-dealkylation sites (tertiary alicyclic amines) is 1. The summed E-state index contributed by atoms with van der Waals surface area (Å²) in [6, 6.07) is 12.9. The number of halogens is 1. The van der Waals surface area contributed by atoms with Crippen LogP contribution in [0, 0.1) is 5.82 Å². The molecule has 1 aliphatic heterocycles. The van der Waals surface area contributed by atoms with Gasteiger partial charge in [-0.25, -0.2) is 12.8 Å². The number of nitrogens with one attached hydrogen (secondary N) is 1. The smallest absolute Gasteiger partial charge is 0.254 e. The van der Waals surface area contributed by atoms with Crippen LogP contribution in [-0.2, 0) is 16.4 Å². The fourth-order valence-electron chi connectivity index (χ4n) is 3.27. The summed E-state index contributed by atoms with van der Waals surface area (Å²) in [6.07, 6.45) is 3.62. The van der Waals surface area contributed by atoms with Gasteiger partial charge in [0.25, 0.3) is 5.91 Å². The van der Waals surface area contributed by atoms with Gasteiger partial charge in [0.05, 0.1) is 6.26 Å². The van der Waals surface area contributed by atoms with Gasteiger partial charge in [-0.1, -0.05) is 12.1 Å². The molecule has 0 bridgehead atoms. The molecule has 3 rings (SSSR count). The van der Waals surface area contributed by atoms with Gasteiger partial charge in [-0.3, -0.25) is 9.52 Å². The molecule has 0 spiro atoms. The van der Waals surface area contributed by atoms with E-state index >= 15 is 0 Å². The Hall–Kier alpha value is -2.41. The summed E-state index contributed by atoms with van der Waals surface area (Å²) in [6.45, 7) is 0.689.